The van der Waals surface area contributed by atoms with Crippen molar-refractivity contribution in [2.75, 3.05) is 72.7 Å². The number of pyridine rings is 4. The zero-order chi connectivity index (χ0) is 46.9. The molecule has 6 aromatic heterocycles. The molecule has 0 bridgehead atoms. The number of H-pyrrole nitrogens is 1. The van der Waals surface area contributed by atoms with E-state index in [9.17, 15) is 18.4 Å². The zero-order valence-corrected chi connectivity index (χ0v) is 38.0. The molecule has 2 aliphatic rings. The Morgan fingerprint density at radius 3 is 2.03 bits per heavy atom. The Bertz CT molecular complexity index is 3120. The summed E-state index contributed by atoms with van der Waals surface area (Å²) in [5, 5.41) is 19.4. The van der Waals surface area contributed by atoms with Crippen LogP contribution in [0.5, 0.6) is 0 Å². The third-order valence-corrected chi connectivity index (χ3v) is 12.6. The minimum Gasteiger partial charge on any atom is -0.370 e. The molecule has 2 saturated heterocycles. The molecule has 2 aromatic carbocycles. The molecular formula is C50H50F2N14O2. The van der Waals surface area contributed by atoms with Gasteiger partial charge in [0, 0.05) is 107 Å². The Labute approximate surface area is 391 Å². The van der Waals surface area contributed by atoms with Crippen molar-refractivity contribution in [1.29, 1.82) is 0 Å². The van der Waals surface area contributed by atoms with Crippen LogP contribution in [0.3, 0.4) is 0 Å². The van der Waals surface area contributed by atoms with Crippen LogP contribution in [0.25, 0.3) is 44.1 Å². The topological polar surface area (TPSA) is 169 Å². The van der Waals surface area contributed by atoms with E-state index >= 15 is 0 Å². The highest BCUT2D eigenvalue weighted by Crippen LogP contribution is 2.32. The summed E-state index contributed by atoms with van der Waals surface area (Å²) >= 11 is 0. The Kier molecular flexibility index (Phi) is 11.9. The number of fused-ring (bicyclic) bond motifs is 2. The summed E-state index contributed by atoms with van der Waals surface area (Å²) in [5.74, 6) is -2.07. The standard InChI is InChI=1S/C50H50F2N14O2/c1-62(2)44-12-8-37(27-55-44)58-49(68)47-41-23-34(35-20-32(24-53-25-35)30-64-18-14-50(51,52)15-19-64)7-11-43(41)66(61-47)31-63(3)45-13-9-38(28-56-45)57-48(67)46-40-22-33(6-10-42(40)59-60-46)36-21-39(29-54-26-36)65-16-4-5-17-65/h6-13,20-29H,4-5,14-19,30-31H2,1-3H3,(H,57,67)(H,58,68)(H,59,60). The van der Waals surface area contributed by atoms with Gasteiger partial charge in [0.2, 0.25) is 0 Å². The molecule has 346 valence electrons. The van der Waals surface area contributed by atoms with Gasteiger partial charge in [0.25, 0.3) is 17.7 Å². The normalized spacial score (nSPS) is 14.9. The number of alkyl halides is 2. The predicted molar refractivity (Wildman–Crippen MR) is 260 cm³/mol. The maximum absolute atomic E-state index is 14.0. The number of nitrogens with one attached hydrogen (secondary N) is 3. The van der Waals surface area contributed by atoms with Gasteiger partial charge < -0.3 is 25.3 Å². The number of hydrogen-bond donors (Lipinski definition) is 3. The van der Waals surface area contributed by atoms with Crippen molar-refractivity contribution in [3.8, 4) is 22.3 Å². The third kappa shape index (κ3) is 9.40. The zero-order valence-electron chi connectivity index (χ0n) is 38.0. The molecule has 0 radical (unpaired) electrons. The van der Waals surface area contributed by atoms with Crippen LogP contribution in [0.4, 0.5) is 37.5 Å². The molecule has 10 rings (SSSR count). The van der Waals surface area contributed by atoms with Crippen molar-refractivity contribution in [1.82, 2.24) is 44.8 Å². The summed E-state index contributed by atoms with van der Waals surface area (Å²) in [6.07, 6.45) is 12.5. The van der Waals surface area contributed by atoms with Gasteiger partial charge in [-0.2, -0.15) is 10.2 Å². The minimum absolute atomic E-state index is 0.157. The molecule has 2 aliphatic heterocycles. The fraction of sp³-hybridized carbons (Fsp3) is 0.280. The van der Waals surface area contributed by atoms with Crippen molar-refractivity contribution < 1.29 is 18.4 Å². The van der Waals surface area contributed by atoms with Crippen LogP contribution in [0.15, 0.2) is 110 Å². The van der Waals surface area contributed by atoms with E-state index in [0.717, 1.165) is 57.9 Å². The number of halogens is 2. The molecule has 8 aromatic rings. The number of piperidine rings is 1. The van der Waals surface area contributed by atoms with Crippen molar-refractivity contribution in [2.24, 2.45) is 0 Å². The van der Waals surface area contributed by atoms with Gasteiger partial charge in [-0.3, -0.25) is 29.6 Å². The lowest BCUT2D eigenvalue weighted by Gasteiger charge is -2.31. The van der Waals surface area contributed by atoms with Gasteiger partial charge in [-0.05, 0) is 90.2 Å². The SMILES string of the molecule is CN(C)c1ccc(NC(=O)c2nn(CN(C)c3ccc(NC(=O)c4n[nH]c5ccc(-c6cncc(N7CCCC7)c6)cc45)cn3)c3ccc(-c4cncc(CN5CCC(F)(F)CC5)c4)cc23)cn1. The highest BCUT2D eigenvalue weighted by molar-refractivity contribution is 6.12. The lowest BCUT2D eigenvalue weighted by atomic mass is 10.0. The van der Waals surface area contributed by atoms with Gasteiger partial charge in [-0.15, -0.1) is 0 Å². The summed E-state index contributed by atoms with van der Waals surface area (Å²) < 4.78 is 29.4. The highest BCUT2D eigenvalue weighted by Gasteiger charge is 2.34. The van der Waals surface area contributed by atoms with Gasteiger partial charge in [0.15, 0.2) is 11.4 Å². The number of nitrogens with zero attached hydrogens (tertiary/aromatic N) is 11. The van der Waals surface area contributed by atoms with E-state index in [4.69, 9.17) is 5.10 Å². The molecule has 0 atom stereocenters. The Morgan fingerprint density at radius 1 is 0.691 bits per heavy atom. The summed E-state index contributed by atoms with van der Waals surface area (Å²) in [5.41, 5.74) is 8.47. The number of hydrogen-bond acceptors (Lipinski definition) is 12. The van der Waals surface area contributed by atoms with Gasteiger partial charge in [-0.25, -0.2) is 23.4 Å². The summed E-state index contributed by atoms with van der Waals surface area (Å²) in [6.45, 7) is 3.41. The van der Waals surface area contributed by atoms with Gasteiger partial charge in [-0.1, -0.05) is 12.1 Å². The van der Waals surface area contributed by atoms with Crippen LogP contribution in [-0.4, -0.2) is 110 Å². The van der Waals surface area contributed by atoms with E-state index in [2.05, 4.69) is 51.7 Å². The van der Waals surface area contributed by atoms with E-state index in [1.807, 2.05) is 96.8 Å². The summed E-state index contributed by atoms with van der Waals surface area (Å²) in [4.78, 5) is 53.9. The smallest absolute Gasteiger partial charge is 0.276 e. The van der Waals surface area contributed by atoms with Gasteiger partial charge in [0.05, 0.1) is 46.7 Å². The number of amides is 2. The van der Waals surface area contributed by atoms with E-state index in [0.29, 0.717) is 53.1 Å². The van der Waals surface area contributed by atoms with Crippen molar-refractivity contribution in [3.05, 3.63) is 127 Å². The fourth-order valence-electron chi connectivity index (χ4n) is 8.83. The van der Waals surface area contributed by atoms with Crippen LogP contribution in [0.2, 0.25) is 0 Å². The van der Waals surface area contributed by atoms with Crippen LogP contribution in [0.1, 0.15) is 52.2 Å². The van der Waals surface area contributed by atoms with Crippen molar-refractivity contribution in [3.63, 3.8) is 0 Å². The summed E-state index contributed by atoms with van der Waals surface area (Å²) in [7, 11) is 5.65. The first kappa shape index (κ1) is 44.0. The van der Waals surface area contributed by atoms with E-state index < -0.39 is 11.8 Å². The largest absolute Gasteiger partial charge is 0.370 e. The average Bonchev–Trinajstić information content (AvgIpc) is 4.13. The number of carbonyl (C=O) groups is 2. The number of aromatic nitrogens is 8. The molecule has 2 amide bonds. The van der Waals surface area contributed by atoms with E-state index in [-0.39, 0.29) is 36.8 Å². The van der Waals surface area contributed by atoms with Crippen LogP contribution in [-0.2, 0) is 13.2 Å². The molecule has 3 N–H and O–H groups in total. The molecule has 0 unspecified atom stereocenters. The van der Waals surface area contributed by atoms with Gasteiger partial charge >= 0.3 is 0 Å². The van der Waals surface area contributed by atoms with Crippen molar-refractivity contribution >= 4 is 62.3 Å². The second-order valence-corrected chi connectivity index (χ2v) is 17.7. The number of rotatable bonds is 13. The molecular weight excluding hydrogens is 867 g/mol. The van der Waals surface area contributed by atoms with E-state index in [1.54, 1.807) is 47.7 Å². The molecule has 0 spiro atoms. The van der Waals surface area contributed by atoms with Gasteiger partial charge in [0.1, 0.15) is 18.3 Å². The lowest BCUT2D eigenvalue weighted by Crippen LogP contribution is -2.38. The number of carbonyl (C=O) groups excluding carboxylic acids is 2. The Morgan fingerprint density at radius 2 is 1.34 bits per heavy atom. The number of aromatic amines is 1. The Hall–Kier alpha value is -7.86. The second-order valence-electron chi connectivity index (χ2n) is 17.7. The van der Waals surface area contributed by atoms with Crippen LogP contribution >= 0.6 is 0 Å². The highest BCUT2D eigenvalue weighted by atomic mass is 19.3. The number of likely N-dealkylation sites (tertiary alicyclic amines) is 1. The maximum atomic E-state index is 14.0. The first-order valence-electron chi connectivity index (χ1n) is 22.6. The lowest BCUT2D eigenvalue weighted by molar-refractivity contribution is -0.0566. The molecule has 8 heterocycles. The van der Waals surface area contributed by atoms with Crippen LogP contribution < -0.4 is 25.3 Å². The monoisotopic (exact) mass is 916 g/mol. The second kappa shape index (κ2) is 18.4. The fourth-order valence-corrected chi connectivity index (χ4v) is 8.83. The predicted octanol–water partition coefficient (Wildman–Crippen LogP) is 8.32. The summed E-state index contributed by atoms with van der Waals surface area (Å²) in [6, 6.07) is 23.0. The molecule has 16 nitrogen and oxygen atoms in total. The first-order valence-corrected chi connectivity index (χ1v) is 22.6. The maximum Gasteiger partial charge on any atom is 0.276 e. The molecule has 0 aliphatic carbocycles. The molecule has 18 heteroatoms. The average molecular weight is 917 g/mol. The first-order chi connectivity index (χ1) is 32.9. The van der Waals surface area contributed by atoms with E-state index in [1.165, 1.54) is 12.8 Å². The van der Waals surface area contributed by atoms with Crippen LogP contribution in [0, 0.1) is 0 Å². The minimum atomic E-state index is -2.62. The Balaban J connectivity index is 0.870. The molecule has 2 fully saturated rings. The molecule has 68 heavy (non-hydrogen) atoms. The number of anilines is 5. The van der Waals surface area contributed by atoms with Crippen molar-refractivity contribution in [2.45, 2.75) is 44.8 Å². The molecule has 0 saturated carbocycles. The number of benzene rings is 2. The quantitative estimate of drug-likeness (QED) is 0.101. The third-order valence-electron chi connectivity index (χ3n) is 12.6.